The predicted octanol–water partition coefficient (Wildman–Crippen LogP) is 2.62. The summed E-state index contributed by atoms with van der Waals surface area (Å²) in [5.74, 6) is 0.877. The van der Waals surface area contributed by atoms with Gasteiger partial charge in [0.15, 0.2) is 0 Å². The number of ether oxygens (including phenoxy) is 1. The first kappa shape index (κ1) is 14.3. The molecule has 4 heteroatoms. The van der Waals surface area contributed by atoms with Crippen molar-refractivity contribution in [1.82, 2.24) is 0 Å². The summed E-state index contributed by atoms with van der Waals surface area (Å²) in [7, 11) is 0. The molecule has 1 aliphatic rings. The van der Waals surface area contributed by atoms with Gasteiger partial charge in [0.25, 0.3) is 0 Å². The summed E-state index contributed by atoms with van der Waals surface area (Å²) in [5, 5.41) is 0. The molecule has 106 valence electrons. The third-order valence-electron chi connectivity index (χ3n) is 3.28. The Morgan fingerprint density at radius 3 is 3.00 bits per heavy atom. The SMILES string of the molecule is CC=N/C(=C\C)CN1CCOc2ccc(CC=O)cc21. The van der Waals surface area contributed by atoms with Gasteiger partial charge in [0.05, 0.1) is 24.5 Å². The number of allylic oxidation sites excluding steroid dienone is 1. The molecule has 2 rings (SSSR count). The van der Waals surface area contributed by atoms with Gasteiger partial charge >= 0.3 is 0 Å². The molecule has 0 aliphatic carbocycles. The Bertz CT molecular complexity index is 535. The van der Waals surface area contributed by atoms with Crippen LogP contribution in [0.15, 0.2) is 35.0 Å². The molecule has 4 nitrogen and oxygen atoms in total. The number of carbonyl (C=O) groups is 1. The minimum atomic E-state index is 0.435. The van der Waals surface area contributed by atoms with E-state index in [0.717, 1.165) is 42.1 Å². The van der Waals surface area contributed by atoms with E-state index in [1.807, 2.05) is 38.1 Å². The number of carbonyl (C=O) groups excluding carboxylic acids is 1. The van der Waals surface area contributed by atoms with E-state index in [1.54, 1.807) is 6.21 Å². The molecule has 0 saturated carbocycles. The maximum Gasteiger partial charge on any atom is 0.142 e. The standard InChI is InChI=1S/C16H20N2O2/c1-3-14(17-4-2)12-18-8-10-20-16-6-5-13(7-9-19)11-15(16)18/h3-6,9,11H,7-8,10,12H2,1-2H3/b14-3-,17-4?. The summed E-state index contributed by atoms with van der Waals surface area (Å²) in [6.07, 6.45) is 5.18. The molecular weight excluding hydrogens is 252 g/mol. The molecule has 0 atom stereocenters. The van der Waals surface area contributed by atoms with Crippen LogP contribution in [0.5, 0.6) is 5.75 Å². The Morgan fingerprint density at radius 2 is 2.30 bits per heavy atom. The van der Waals surface area contributed by atoms with Crippen LogP contribution in [-0.4, -0.2) is 32.2 Å². The van der Waals surface area contributed by atoms with Gasteiger partial charge in [-0.2, -0.15) is 0 Å². The van der Waals surface area contributed by atoms with E-state index >= 15 is 0 Å². The lowest BCUT2D eigenvalue weighted by molar-refractivity contribution is -0.107. The van der Waals surface area contributed by atoms with E-state index in [2.05, 4.69) is 9.89 Å². The van der Waals surface area contributed by atoms with Crippen molar-refractivity contribution in [1.29, 1.82) is 0 Å². The minimum Gasteiger partial charge on any atom is -0.490 e. The molecule has 0 spiro atoms. The fourth-order valence-electron chi connectivity index (χ4n) is 2.27. The second kappa shape index (κ2) is 6.89. The second-order valence-electron chi connectivity index (χ2n) is 4.61. The van der Waals surface area contributed by atoms with Gasteiger partial charge in [0.2, 0.25) is 0 Å². The van der Waals surface area contributed by atoms with E-state index < -0.39 is 0 Å². The van der Waals surface area contributed by atoms with Gasteiger partial charge in [-0.15, -0.1) is 0 Å². The first-order valence-corrected chi connectivity index (χ1v) is 6.86. The van der Waals surface area contributed by atoms with Gasteiger partial charge in [-0.25, -0.2) is 0 Å². The predicted molar refractivity (Wildman–Crippen MR) is 81.8 cm³/mol. The van der Waals surface area contributed by atoms with Crippen molar-refractivity contribution in [2.24, 2.45) is 4.99 Å². The molecule has 0 bridgehead atoms. The summed E-state index contributed by atoms with van der Waals surface area (Å²) >= 11 is 0. The van der Waals surface area contributed by atoms with E-state index in [1.165, 1.54) is 0 Å². The molecule has 0 amide bonds. The summed E-state index contributed by atoms with van der Waals surface area (Å²) in [4.78, 5) is 17.3. The zero-order valence-electron chi connectivity index (χ0n) is 12.0. The van der Waals surface area contributed by atoms with Gasteiger partial charge in [-0.3, -0.25) is 4.99 Å². The number of benzene rings is 1. The largest absolute Gasteiger partial charge is 0.490 e. The quantitative estimate of drug-likeness (QED) is 0.611. The van der Waals surface area contributed by atoms with Crippen LogP contribution in [0.3, 0.4) is 0 Å². The number of hydrogen-bond acceptors (Lipinski definition) is 4. The lowest BCUT2D eigenvalue weighted by Crippen LogP contribution is -2.34. The Morgan fingerprint density at radius 1 is 1.45 bits per heavy atom. The van der Waals surface area contributed by atoms with Crippen molar-refractivity contribution in [3.63, 3.8) is 0 Å². The van der Waals surface area contributed by atoms with Crippen molar-refractivity contribution < 1.29 is 9.53 Å². The first-order valence-electron chi connectivity index (χ1n) is 6.86. The van der Waals surface area contributed by atoms with Gasteiger partial charge < -0.3 is 14.4 Å². The first-order chi connectivity index (χ1) is 9.78. The smallest absolute Gasteiger partial charge is 0.142 e. The van der Waals surface area contributed by atoms with Crippen molar-refractivity contribution in [2.45, 2.75) is 20.3 Å². The lowest BCUT2D eigenvalue weighted by Gasteiger charge is -2.31. The number of rotatable bonds is 5. The van der Waals surface area contributed by atoms with Crippen LogP contribution < -0.4 is 9.64 Å². The highest BCUT2D eigenvalue weighted by Crippen LogP contribution is 2.33. The molecule has 0 radical (unpaired) electrons. The Labute approximate surface area is 119 Å². The van der Waals surface area contributed by atoms with Crippen LogP contribution in [0, 0.1) is 0 Å². The van der Waals surface area contributed by atoms with Crippen LogP contribution in [0.1, 0.15) is 19.4 Å². The molecule has 1 aromatic carbocycles. The van der Waals surface area contributed by atoms with E-state index in [4.69, 9.17) is 4.74 Å². The molecule has 0 fully saturated rings. The van der Waals surface area contributed by atoms with Crippen LogP contribution in [-0.2, 0) is 11.2 Å². The Kier molecular flexibility index (Phi) is 4.93. The van der Waals surface area contributed by atoms with Gasteiger partial charge in [-0.1, -0.05) is 12.1 Å². The van der Waals surface area contributed by atoms with Gasteiger partial charge in [0, 0.05) is 12.6 Å². The Hall–Kier alpha value is -2.10. The van der Waals surface area contributed by atoms with Crippen molar-refractivity contribution >= 4 is 18.2 Å². The molecule has 1 aromatic rings. The zero-order chi connectivity index (χ0) is 14.4. The van der Waals surface area contributed by atoms with Crippen LogP contribution in [0.2, 0.25) is 0 Å². The highest BCUT2D eigenvalue weighted by atomic mass is 16.5. The number of aldehydes is 1. The van der Waals surface area contributed by atoms with Gasteiger partial charge in [-0.05, 0) is 31.5 Å². The summed E-state index contributed by atoms with van der Waals surface area (Å²) in [6, 6.07) is 5.92. The number of anilines is 1. The fourth-order valence-corrected chi connectivity index (χ4v) is 2.27. The molecule has 1 aliphatic heterocycles. The number of aliphatic imine (C=N–C) groups is 1. The summed E-state index contributed by atoms with van der Waals surface area (Å²) in [5.41, 5.74) is 3.08. The molecule has 0 aromatic heterocycles. The summed E-state index contributed by atoms with van der Waals surface area (Å²) in [6.45, 7) is 6.16. The third kappa shape index (κ3) is 3.26. The number of hydrogen-bond donors (Lipinski definition) is 0. The molecule has 1 heterocycles. The van der Waals surface area contributed by atoms with Crippen molar-refractivity contribution in [3.05, 3.63) is 35.5 Å². The normalized spacial score (nSPS) is 15.1. The minimum absolute atomic E-state index is 0.435. The fraction of sp³-hybridized carbons (Fsp3) is 0.375. The number of nitrogens with zero attached hydrogens (tertiary/aromatic N) is 2. The van der Waals surface area contributed by atoms with Crippen molar-refractivity contribution in [2.75, 3.05) is 24.6 Å². The summed E-state index contributed by atoms with van der Waals surface area (Å²) < 4.78 is 5.67. The second-order valence-corrected chi connectivity index (χ2v) is 4.61. The molecule has 0 saturated heterocycles. The van der Waals surface area contributed by atoms with Crippen molar-refractivity contribution in [3.8, 4) is 5.75 Å². The van der Waals surface area contributed by atoms with E-state index in [9.17, 15) is 4.79 Å². The highest BCUT2D eigenvalue weighted by molar-refractivity contribution is 5.65. The molecular formula is C16H20N2O2. The monoisotopic (exact) mass is 272 g/mol. The Balaban J connectivity index is 2.26. The average molecular weight is 272 g/mol. The molecule has 0 unspecified atom stereocenters. The molecule has 0 N–H and O–H groups in total. The van der Waals surface area contributed by atoms with E-state index in [0.29, 0.717) is 13.0 Å². The topological polar surface area (TPSA) is 41.9 Å². The third-order valence-corrected chi connectivity index (χ3v) is 3.28. The van der Waals surface area contributed by atoms with Crippen LogP contribution >= 0.6 is 0 Å². The number of fused-ring (bicyclic) bond motifs is 1. The maximum atomic E-state index is 10.7. The van der Waals surface area contributed by atoms with Gasteiger partial charge in [0.1, 0.15) is 18.6 Å². The van der Waals surface area contributed by atoms with E-state index in [-0.39, 0.29) is 0 Å². The van der Waals surface area contributed by atoms with Crippen LogP contribution in [0.25, 0.3) is 0 Å². The zero-order valence-corrected chi connectivity index (χ0v) is 12.0. The highest BCUT2D eigenvalue weighted by Gasteiger charge is 2.19. The average Bonchev–Trinajstić information content (AvgIpc) is 2.47. The maximum absolute atomic E-state index is 10.7. The lowest BCUT2D eigenvalue weighted by atomic mass is 10.1. The van der Waals surface area contributed by atoms with Crippen LogP contribution in [0.4, 0.5) is 5.69 Å². The molecule has 20 heavy (non-hydrogen) atoms.